The molecule has 0 aromatic heterocycles. The molecule has 1 amide bonds. The molecular formula is C8H7LiNNaO3S. The number of carbonyl (C=O) groups excluding carboxylic acids is 1. The van der Waals surface area contributed by atoms with E-state index < -0.39 is 15.9 Å². The van der Waals surface area contributed by atoms with Gasteiger partial charge in [-0.05, 0) is 12.1 Å². The Hall–Kier alpha value is 0.107. The van der Waals surface area contributed by atoms with Gasteiger partial charge in [0.05, 0.1) is 4.90 Å². The largest absolute Gasteiger partial charge is 1.00 e. The number of hydrogen-bond donors (Lipinski definition) is 0. The van der Waals surface area contributed by atoms with Crippen molar-refractivity contribution in [3.63, 3.8) is 0 Å². The van der Waals surface area contributed by atoms with Gasteiger partial charge in [-0.15, -0.1) is 0 Å². The molecule has 0 radical (unpaired) electrons. The SMILES string of the molecule is [CH2-]C(=O)[N-]S(=O)(=O)c1ccccc1.[Li+].[Na+]. The van der Waals surface area contributed by atoms with Crippen molar-refractivity contribution >= 4 is 15.9 Å². The smallest absolute Gasteiger partial charge is 0.569 e. The van der Waals surface area contributed by atoms with Crippen molar-refractivity contribution in [2.75, 3.05) is 0 Å². The van der Waals surface area contributed by atoms with Crippen molar-refractivity contribution < 1.29 is 61.6 Å². The Morgan fingerprint density at radius 1 is 1.20 bits per heavy atom. The molecule has 0 heterocycles. The van der Waals surface area contributed by atoms with Gasteiger partial charge < -0.3 is 16.4 Å². The second-order valence-electron chi connectivity index (χ2n) is 2.27. The molecule has 4 nitrogen and oxygen atoms in total. The molecule has 0 saturated carbocycles. The third-order valence-corrected chi connectivity index (χ3v) is 2.57. The molecule has 70 valence electrons. The first-order valence-corrected chi connectivity index (χ1v) is 4.85. The van der Waals surface area contributed by atoms with Crippen molar-refractivity contribution in [2.45, 2.75) is 4.90 Å². The van der Waals surface area contributed by atoms with Crippen LogP contribution >= 0.6 is 0 Å². The van der Waals surface area contributed by atoms with Gasteiger partial charge in [0.1, 0.15) is 10.0 Å². The van der Waals surface area contributed by atoms with Gasteiger partial charge in [-0.3, -0.25) is 0 Å². The number of carbonyl (C=O) groups is 1. The number of rotatable bonds is 2. The molecule has 0 saturated heterocycles. The molecule has 0 unspecified atom stereocenters. The Labute approximate surface area is 123 Å². The monoisotopic (exact) mass is 227 g/mol. The summed E-state index contributed by atoms with van der Waals surface area (Å²) in [5.74, 6) is -0.969. The molecule has 0 aliphatic heterocycles. The molecule has 0 atom stereocenters. The normalized spacial score (nSPS) is 9.33. The van der Waals surface area contributed by atoms with Crippen LogP contribution in [-0.4, -0.2) is 14.3 Å². The van der Waals surface area contributed by atoms with E-state index in [0.717, 1.165) is 0 Å². The second kappa shape index (κ2) is 7.39. The Bertz CT molecular complexity index is 407. The van der Waals surface area contributed by atoms with Gasteiger partial charge in [-0.2, -0.15) is 0 Å². The van der Waals surface area contributed by atoms with Crippen molar-refractivity contribution in [3.05, 3.63) is 42.0 Å². The number of benzene rings is 1. The van der Waals surface area contributed by atoms with Gasteiger partial charge in [0.2, 0.25) is 0 Å². The second-order valence-corrected chi connectivity index (χ2v) is 3.88. The molecule has 7 heteroatoms. The molecule has 1 aromatic rings. The van der Waals surface area contributed by atoms with Crippen molar-refractivity contribution in [2.24, 2.45) is 0 Å². The Kier molecular flexibility index (Phi) is 8.62. The van der Waals surface area contributed by atoms with Crippen LogP contribution in [0, 0.1) is 6.92 Å². The Balaban J connectivity index is 0. The number of sulfonamides is 1. The molecule has 0 fully saturated rings. The first-order chi connectivity index (χ1) is 6.02. The zero-order valence-corrected chi connectivity index (χ0v) is 11.5. The van der Waals surface area contributed by atoms with Crippen LogP contribution in [0.1, 0.15) is 0 Å². The Morgan fingerprint density at radius 3 is 2.07 bits per heavy atom. The van der Waals surface area contributed by atoms with E-state index in [2.05, 4.69) is 11.6 Å². The molecule has 0 bridgehead atoms. The van der Waals surface area contributed by atoms with Crippen LogP contribution < -0.4 is 48.4 Å². The van der Waals surface area contributed by atoms with E-state index in [1.54, 1.807) is 18.2 Å². The summed E-state index contributed by atoms with van der Waals surface area (Å²) in [4.78, 5) is 10.4. The number of amides is 1. The van der Waals surface area contributed by atoms with E-state index in [-0.39, 0.29) is 53.3 Å². The van der Waals surface area contributed by atoms with Gasteiger partial charge in [0, 0.05) is 0 Å². The quantitative estimate of drug-likeness (QED) is 0.376. The minimum absolute atomic E-state index is 0. The van der Waals surface area contributed by atoms with E-state index in [1.807, 2.05) is 0 Å². The average molecular weight is 227 g/mol. The average Bonchev–Trinajstić information content (AvgIpc) is 2.04. The molecule has 0 aliphatic rings. The third kappa shape index (κ3) is 5.66. The maximum Gasteiger partial charge on any atom is 1.00 e. The van der Waals surface area contributed by atoms with Crippen LogP contribution in [-0.2, 0) is 14.8 Å². The number of nitrogens with zero attached hydrogens (tertiary/aromatic N) is 1. The fraction of sp³-hybridized carbons (Fsp3) is 0. The van der Waals surface area contributed by atoms with E-state index in [0.29, 0.717) is 0 Å². The zero-order chi connectivity index (χ0) is 9.90. The summed E-state index contributed by atoms with van der Waals surface area (Å²) in [5, 5.41) is 0. The van der Waals surface area contributed by atoms with Gasteiger partial charge in [0.15, 0.2) is 0 Å². The van der Waals surface area contributed by atoms with Crippen molar-refractivity contribution in [1.29, 1.82) is 0 Å². The predicted molar refractivity (Wildman–Crippen MR) is 47.4 cm³/mol. The summed E-state index contributed by atoms with van der Waals surface area (Å²) in [6.45, 7) is 2.86. The minimum atomic E-state index is -3.85. The van der Waals surface area contributed by atoms with Crippen LogP contribution in [0.2, 0.25) is 0 Å². The van der Waals surface area contributed by atoms with Crippen LogP contribution in [0.5, 0.6) is 0 Å². The fourth-order valence-electron chi connectivity index (χ4n) is 0.779. The third-order valence-electron chi connectivity index (χ3n) is 1.26. The van der Waals surface area contributed by atoms with Crippen LogP contribution in [0.3, 0.4) is 0 Å². The van der Waals surface area contributed by atoms with Crippen molar-refractivity contribution in [1.82, 2.24) is 0 Å². The summed E-state index contributed by atoms with van der Waals surface area (Å²) in [7, 11) is -3.85. The topological polar surface area (TPSA) is 65.3 Å². The van der Waals surface area contributed by atoms with Crippen LogP contribution in [0.4, 0.5) is 0 Å². The summed E-state index contributed by atoms with van der Waals surface area (Å²) >= 11 is 0. The molecule has 1 rings (SSSR count). The van der Waals surface area contributed by atoms with Crippen LogP contribution in [0.25, 0.3) is 4.72 Å². The van der Waals surface area contributed by atoms with Crippen molar-refractivity contribution in [3.8, 4) is 0 Å². The Morgan fingerprint density at radius 2 is 1.67 bits per heavy atom. The molecule has 15 heavy (non-hydrogen) atoms. The summed E-state index contributed by atoms with van der Waals surface area (Å²) in [5.41, 5.74) is 0. The maximum atomic E-state index is 11.2. The minimum Gasteiger partial charge on any atom is -0.569 e. The predicted octanol–water partition coefficient (Wildman–Crippen LogP) is -4.88. The number of hydrogen-bond acceptors (Lipinski definition) is 3. The zero-order valence-electron chi connectivity index (χ0n) is 8.67. The van der Waals surface area contributed by atoms with E-state index >= 15 is 0 Å². The summed E-state index contributed by atoms with van der Waals surface area (Å²) < 4.78 is 25.3. The van der Waals surface area contributed by atoms with Gasteiger partial charge >= 0.3 is 48.4 Å². The first-order valence-electron chi connectivity index (χ1n) is 3.41. The fourth-order valence-corrected chi connectivity index (χ4v) is 1.65. The molecule has 0 aliphatic carbocycles. The first kappa shape index (κ1) is 17.5. The summed E-state index contributed by atoms with van der Waals surface area (Å²) in [6, 6.07) is 7.50. The van der Waals surface area contributed by atoms with Gasteiger partial charge in [-0.25, -0.2) is 8.42 Å². The van der Waals surface area contributed by atoms with E-state index in [1.165, 1.54) is 12.1 Å². The molecule has 1 aromatic carbocycles. The van der Waals surface area contributed by atoms with Gasteiger partial charge in [-0.1, -0.05) is 24.1 Å². The van der Waals surface area contributed by atoms with E-state index in [9.17, 15) is 13.2 Å². The molecular weight excluding hydrogens is 220 g/mol. The van der Waals surface area contributed by atoms with E-state index in [4.69, 9.17) is 0 Å². The summed E-state index contributed by atoms with van der Waals surface area (Å²) in [6.07, 6.45) is 0. The van der Waals surface area contributed by atoms with Gasteiger partial charge in [0.25, 0.3) is 0 Å². The molecule has 0 spiro atoms. The molecule has 0 N–H and O–H groups in total. The standard InChI is InChI=1S/C8H8NO3S.Li.Na/c1-7(10)9-13(11,12)8-5-3-2-4-6-8;;/h2-6H,1H2,(H,9,10);;/q-1;2*+1/p-1. The van der Waals surface area contributed by atoms with Crippen LogP contribution in [0.15, 0.2) is 35.2 Å². The maximum absolute atomic E-state index is 11.2.